The maximum atomic E-state index is 11.4. The van der Waals surface area contributed by atoms with Crippen LogP contribution in [0.1, 0.15) is 25.8 Å². The third-order valence-corrected chi connectivity index (χ3v) is 5.21. The number of nitrogens with one attached hydrogen (secondary N) is 1. The molecule has 4 N–H and O–H groups in total. The minimum Gasteiger partial charge on any atom is -0.465 e. The van der Waals surface area contributed by atoms with Gasteiger partial charge in [0.05, 0.1) is 28.3 Å². The van der Waals surface area contributed by atoms with Gasteiger partial charge in [0.15, 0.2) is 0 Å². The van der Waals surface area contributed by atoms with E-state index < -0.39 is 6.09 Å². The smallest absolute Gasteiger partial charge is 0.407 e. The number of likely N-dealkylation sites (tertiary alicyclic amines) is 1. The van der Waals surface area contributed by atoms with Crippen molar-refractivity contribution in [3.63, 3.8) is 0 Å². The third kappa shape index (κ3) is 3.31. The first-order valence-electron chi connectivity index (χ1n) is 9.07. The Morgan fingerprint density at radius 1 is 1.43 bits per heavy atom. The summed E-state index contributed by atoms with van der Waals surface area (Å²) in [6, 6.07) is -0.0650. The van der Waals surface area contributed by atoms with E-state index in [2.05, 4.69) is 20.4 Å². The first-order chi connectivity index (χ1) is 13.5. The number of carbonyl (C=O) groups is 1. The Morgan fingerprint density at radius 3 is 2.96 bits per heavy atom. The second-order valence-corrected chi connectivity index (χ2v) is 7.16. The molecule has 0 aliphatic carbocycles. The largest absolute Gasteiger partial charge is 0.465 e. The van der Waals surface area contributed by atoms with Crippen LogP contribution < -0.4 is 11.1 Å². The van der Waals surface area contributed by atoms with E-state index >= 15 is 0 Å². The number of hydrogen-bond donors (Lipinski definition) is 3. The van der Waals surface area contributed by atoms with Gasteiger partial charge in [-0.3, -0.25) is 4.68 Å². The first-order valence-corrected chi connectivity index (χ1v) is 9.45. The summed E-state index contributed by atoms with van der Waals surface area (Å²) in [5, 5.41) is 17.7. The second kappa shape index (κ2) is 7.19. The Kier molecular flexibility index (Phi) is 4.71. The van der Waals surface area contributed by atoms with Crippen molar-refractivity contribution in [1.29, 1.82) is 0 Å². The standard InChI is InChI=1S/C17H21ClN8O2/c1-2-25-7-10(6-20-25)21-16-22-14(19)13-12(18)9-26(15(13)23-16)11-4-3-5-24(8-11)17(27)28/h6-7,9,11H,2-5,8H2,1H3,(H,27,28)(H3,19,21,22,23)/t11-/m1/s1. The van der Waals surface area contributed by atoms with Crippen molar-refractivity contribution >= 4 is 46.2 Å². The minimum atomic E-state index is -0.920. The molecule has 0 saturated carbocycles. The summed E-state index contributed by atoms with van der Waals surface area (Å²) in [6.07, 6.45) is 5.98. The molecular formula is C17H21ClN8O2. The minimum absolute atomic E-state index is 0.0650. The Morgan fingerprint density at radius 2 is 2.25 bits per heavy atom. The summed E-state index contributed by atoms with van der Waals surface area (Å²) in [4.78, 5) is 21.7. The van der Waals surface area contributed by atoms with Gasteiger partial charge < -0.3 is 25.6 Å². The second-order valence-electron chi connectivity index (χ2n) is 6.75. The number of amides is 1. The first kappa shape index (κ1) is 18.4. The molecule has 1 aliphatic rings. The molecule has 4 heterocycles. The lowest BCUT2D eigenvalue weighted by Crippen LogP contribution is -2.39. The van der Waals surface area contributed by atoms with Crippen molar-refractivity contribution in [1.82, 2.24) is 29.2 Å². The van der Waals surface area contributed by atoms with Crippen LogP contribution in [0, 0.1) is 0 Å². The molecule has 11 heteroatoms. The van der Waals surface area contributed by atoms with Crippen molar-refractivity contribution in [2.75, 3.05) is 24.1 Å². The summed E-state index contributed by atoms with van der Waals surface area (Å²) in [6.45, 7) is 3.66. The number of aryl methyl sites for hydroxylation is 1. The van der Waals surface area contributed by atoms with Gasteiger partial charge in [-0.1, -0.05) is 11.6 Å². The fourth-order valence-electron chi connectivity index (χ4n) is 3.55. The lowest BCUT2D eigenvalue weighted by molar-refractivity contribution is 0.122. The van der Waals surface area contributed by atoms with Gasteiger partial charge in [-0.05, 0) is 19.8 Å². The molecule has 0 spiro atoms. The Balaban J connectivity index is 1.71. The van der Waals surface area contributed by atoms with Crippen LogP contribution in [0.4, 0.5) is 22.2 Å². The van der Waals surface area contributed by atoms with Crippen molar-refractivity contribution in [3.8, 4) is 0 Å². The predicted molar refractivity (Wildman–Crippen MR) is 106 cm³/mol. The van der Waals surface area contributed by atoms with Crippen LogP contribution in [0.2, 0.25) is 5.02 Å². The number of aromatic nitrogens is 5. The highest BCUT2D eigenvalue weighted by Gasteiger charge is 2.27. The van der Waals surface area contributed by atoms with Crippen LogP contribution in [0.3, 0.4) is 0 Å². The van der Waals surface area contributed by atoms with Gasteiger partial charge in [0.25, 0.3) is 0 Å². The zero-order chi connectivity index (χ0) is 19.8. The zero-order valence-corrected chi connectivity index (χ0v) is 16.1. The van der Waals surface area contributed by atoms with E-state index in [4.69, 9.17) is 17.3 Å². The highest BCUT2D eigenvalue weighted by atomic mass is 35.5. The zero-order valence-electron chi connectivity index (χ0n) is 15.3. The number of nitrogens with two attached hydrogens (primary N) is 1. The lowest BCUT2D eigenvalue weighted by atomic mass is 10.1. The van der Waals surface area contributed by atoms with E-state index in [1.165, 1.54) is 4.90 Å². The number of carboxylic acid groups (broad SMARTS) is 1. The van der Waals surface area contributed by atoms with Gasteiger partial charge in [0.2, 0.25) is 5.95 Å². The van der Waals surface area contributed by atoms with E-state index in [0.717, 1.165) is 25.1 Å². The average molecular weight is 405 g/mol. The molecule has 3 aromatic rings. The lowest BCUT2D eigenvalue weighted by Gasteiger charge is -2.31. The molecule has 4 rings (SSSR count). The van der Waals surface area contributed by atoms with Crippen LogP contribution in [-0.2, 0) is 6.54 Å². The molecule has 1 amide bonds. The molecule has 1 fully saturated rings. The fraction of sp³-hybridized carbons (Fsp3) is 0.412. The van der Waals surface area contributed by atoms with E-state index in [0.29, 0.717) is 35.1 Å². The van der Waals surface area contributed by atoms with Crippen molar-refractivity contribution in [3.05, 3.63) is 23.6 Å². The highest BCUT2D eigenvalue weighted by molar-refractivity contribution is 6.36. The van der Waals surface area contributed by atoms with Crippen LogP contribution in [0.15, 0.2) is 18.6 Å². The number of nitrogens with zero attached hydrogens (tertiary/aromatic N) is 6. The maximum Gasteiger partial charge on any atom is 0.407 e. The number of piperidine rings is 1. The molecule has 0 bridgehead atoms. The number of anilines is 3. The van der Waals surface area contributed by atoms with Gasteiger partial charge in [-0.2, -0.15) is 15.1 Å². The SMILES string of the molecule is CCn1cc(Nc2nc(N)c3c(Cl)cn([C@@H]4CCCN(C(=O)O)C4)c3n2)cn1. The van der Waals surface area contributed by atoms with Gasteiger partial charge >= 0.3 is 6.09 Å². The number of hydrogen-bond acceptors (Lipinski definition) is 6. The van der Waals surface area contributed by atoms with Crippen molar-refractivity contribution < 1.29 is 9.90 Å². The molecule has 0 aromatic carbocycles. The summed E-state index contributed by atoms with van der Waals surface area (Å²) in [5.41, 5.74) is 7.48. The monoisotopic (exact) mass is 404 g/mol. The van der Waals surface area contributed by atoms with Gasteiger partial charge in [-0.15, -0.1) is 0 Å². The molecule has 10 nitrogen and oxygen atoms in total. The van der Waals surface area contributed by atoms with E-state index in [1.807, 2.05) is 17.7 Å². The van der Waals surface area contributed by atoms with Gasteiger partial charge in [-0.25, -0.2) is 4.79 Å². The number of rotatable bonds is 4. The molecule has 3 aromatic heterocycles. The maximum absolute atomic E-state index is 11.4. The van der Waals surface area contributed by atoms with Crippen LogP contribution in [-0.4, -0.2) is 53.5 Å². The van der Waals surface area contributed by atoms with Gasteiger partial charge in [0.1, 0.15) is 11.5 Å². The van der Waals surface area contributed by atoms with Crippen LogP contribution in [0.25, 0.3) is 11.0 Å². The van der Waals surface area contributed by atoms with Crippen molar-refractivity contribution in [2.45, 2.75) is 32.4 Å². The number of fused-ring (bicyclic) bond motifs is 1. The normalized spacial score (nSPS) is 17.2. The molecule has 1 saturated heterocycles. The van der Waals surface area contributed by atoms with E-state index in [-0.39, 0.29) is 11.9 Å². The Hall–Kier alpha value is -3.01. The molecule has 1 aliphatic heterocycles. The number of halogens is 1. The summed E-state index contributed by atoms with van der Waals surface area (Å²) >= 11 is 6.39. The van der Waals surface area contributed by atoms with Crippen molar-refractivity contribution in [2.24, 2.45) is 0 Å². The molecule has 1 atom stereocenters. The fourth-order valence-corrected chi connectivity index (χ4v) is 3.84. The van der Waals surface area contributed by atoms with E-state index in [9.17, 15) is 9.90 Å². The quantitative estimate of drug-likeness (QED) is 0.609. The molecule has 0 radical (unpaired) electrons. The molecular weight excluding hydrogens is 384 g/mol. The Labute approximate surface area is 165 Å². The summed E-state index contributed by atoms with van der Waals surface area (Å²) in [5.74, 6) is 0.604. The number of nitrogen functional groups attached to an aromatic ring is 1. The molecule has 0 unspecified atom stereocenters. The summed E-state index contributed by atoms with van der Waals surface area (Å²) in [7, 11) is 0. The third-order valence-electron chi connectivity index (χ3n) is 4.93. The van der Waals surface area contributed by atoms with Crippen LogP contribution in [0.5, 0.6) is 0 Å². The molecule has 148 valence electrons. The Bertz CT molecular complexity index is 1030. The topological polar surface area (TPSA) is 127 Å². The predicted octanol–water partition coefficient (Wildman–Crippen LogP) is 2.94. The van der Waals surface area contributed by atoms with E-state index in [1.54, 1.807) is 17.1 Å². The molecule has 28 heavy (non-hydrogen) atoms. The van der Waals surface area contributed by atoms with Crippen LogP contribution >= 0.6 is 11.6 Å². The summed E-state index contributed by atoms with van der Waals surface area (Å²) < 4.78 is 3.69. The highest BCUT2D eigenvalue weighted by Crippen LogP contribution is 2.34. The van der Waals surface area contributed by atoms with Gasteiger partial charge in [0, 0.05) is 32.0 Å². The average Bonchev–Trinajstić information content (AvgIpc) is 3.26.